The number of halogens is 1. The van der Waals surface area contributed by atoms with Crippen LogP contribution in [0.15, 0.2) is 71.7 Å². The van der Waals surface area contributed by atoms with Gasteiger partial charge in [0.15, 0.2) is 5.96 Å². The molecule has 0 aliphatic rings. The monoisotopic (exact) mass is 387 g/mol. The summed E-state index contributed by atoms with van der Waals surface area (Å²) in [6.07, 6.45) is -0.736. The molecule has 7 heteroatoms. The highest BCUT2D eigenvalue weighted by Crippen LogP contribution is 2.27. The minimum atomic E-state index is -0.736. The molecule has 0 radical (unpaired) electrons. The number of nitrogens with one attached hydrogen (secondary N) is 1. The number of ether oxygens (including phenoxy) is 1. The van der Waals surface area contributed by atoms with Gasteiger partial charge in [-0.15, -0.1) is 11.3 Å². The molecule has 1 aromatic heterocycles. The average Bonchev–Trinajstić information content (AvgIpc) is 3.07. The molecule has 26 heavy (non-hydrogen) atoms. The molecule has 0 fully saturated rings. The molecule has 1 atom stereocenters. The van der Waals surface area contributed by atoms with Crippen molar-refractivity contribution in [3.05, 3.63) is 75.9 Å². The zero-order valence-electron chi connectivity index (χ0n) is 13.8. The largest absolute Gasteiger partial charge is 0.457 e. The van der Waals surface area contributed by atoms with Crippen LogP contribution in [0.4, 0.5) is 5.69 Å². The van der Waals surface area contributed by atoms with E-state index in [1.807, 2.05) is 54.6 Å². The number of thiophene rings is 1. The molecule has 0 amide bonds. The Morgan fingerprint density at radius 3 is 2.62 bits per heavy atom. The summed E-state index contributed by atoms with van der Waals surface area (Å²) in [5.74, 6) is 1.65. The van der Waals surface area contributed by atoms with E-state index in [4.69, 9.17) is 22.1 Å². The number of aliphatic imine (C=N–C) groups is 1. The quantitative estimate of drug-likeness (QED) is 0.424. The molecule has 0 spiro atoms. The lowest BCUT2D eigenvalue weighted by Crippen LogP contribution is -2.23. The van der Waals surface area contributed by atoms with Gasteiger partial charge in [-0.1, -0.05) is 35.9 Å². The highest BCUT2D eigenvalue weighted by atomic mass is 35.5. The van der Waals surface area contributed by atoms with Gasteiger partial charge in [0, 0.05) is 16.6 Å². The summed E-state index contributed by atoms with van der Waals surface area (Å²) >= 11 is 7.19. The van der Waals surface area contributed by atoms with Crippen LogP contribution < -0.4 is 15.8 Å². The number of guanidine groups is 1. The van der Waals surface area contributed by atoms with Crippen LogP contribution in [0.5, 0.6) is 11.5 Å². The summed E-state index contributed by atoms with van der Waals surface area (Å²) < 4.78 is 6.42. The number of nitrogens with zero attached hydrogens (tertiary/aromatic N) is 1. The summed E-state index contributed by atoms with van der Waals surface area (Å²) in [6.45, 7) is 0.149. The Balaban J connectivity index is 1.60. The second-order valence-corrected chi connectivity index (χ2v) is 7.20. The van der Waals surface area contributed by atoms with Gasteiger partial charge in [0.2, 0.25) is 0 Å². The average molecular weight is 388 g/mol. The van der Waals surface area contributed by atoms with Crippen molar-refractivity contribution in [3.63, 3.8) is 0 Å². The van der Waals surface area contributed by atoms with Gasteiger partial charge in [-0.05, 0) is 36.4 Å². The molecule has 0 saturated carbocycles. The van der Waals surface area contributed by atoms with Gasteiger partial charge in [-0.3, -0.25) is 4.99 Å². The molecular formula is C19H18ClN3O2S. The number of anilines is 1. The van der Waals surface area contributed by atoms with E-state index in [1.165, 1.54) is 11.3 Å². The normalized spacial score (nSPS) is 12.6. The predicted molar refractivity (Wildman–Crippen MR) is 107 cm³/mol. The lowest BCUT2D eigenvalue weighted by atomic mass is 10.3. The minimum Gasteiger partial charge on any atom is -0.457 e. The number of benzene rings is 2. The maximum Gasteiger partial charge on any atom is 0.193 e. The Morgan fingerprint density at radius 1 is 1.12 bits per heavy atom. The van der Waals surface area contributed by atoms with Crippen molar-refractivity contribution in [2.24, 2.45) is 10.7 Å². The smallest absolute Gasteiger partial charge is 0.193 e. The third-order valence-electron chi connectivity index (χ3n) is 3.44. The molecule has 1 unspecified atom stereocenters. The predicted octanol–water partition coefficient (Wildman–Crippen LogP) is 4.65. The maximum atomic E-state index is 10.1. The molecule has 3 aromatic rings. The van der Waals surface area contributed by atoms with Crippen LogP contribution in [0.3, 0.4) is 0 Å². The summed E-state index contributed by atoms with van der Waals surface area (Å²) in [7, 11) is 0. The zero-order chi connectivity index (χ0) is 18.4. The fourth-order valence-corrected chi connectivity index (χ4v) is 3.27. The molecule has 0 bridgehead atoms. The Labute approximate surface area is 160 Å². The van der Waals surface area contributed by atoms with Crippen LogP contribution in [0.25, 0.3) is 0 Å². The van der Waals surface area contributed by atoms with Gasteiger partial charge in [0.1, 0.15) is 17.6 Å². The lowest BCUT2D eigenvalue weighted by Gasteiger charge is -2.10. The molecule has 4 N–H and O–H groups in total. The number of hydrogen-bond donors (Lipinski definition) is 3. The first kappa shape index (κ1) is 18.3. The van der Waals surface area contributed by atoms with E-state index < -0.39 is 6.10 Å². The first-order valence-electron chi connectivity index (χ1n) is 7.93. The van der Waals surface area contributed by atoms with Gasteiger partial charge < -0.3 is 20.9 Å². The number of para-hydroxylation sites is 1. The minimum absolute atomic E-state index is 0.149. The summed E-state index contributed by atoms with van der Waals surface area (Å²) in [4.78, 5) is 4.93. The maximum absolute atomic E-state index is 10.1. The zero-order valence-corrected chi connectivity index (χ0v) is 15.4. The molecule has 1 heterocycles. The van der Waals surface area contributed by atoms with Crippen LogP contribution >= 0.6 is 22.9 Å². The van der Waals surface area contributed by atoms with Crippen molar-refractivity contribution in [2.75, 3.05) is 11.9 Å². The Hall–Kier alpha value is -2.54. The van der Waals surface area contributed by atoms with Gasteiger partial charge in [-0.2, -0.15) is 0 Å². The summed E-state index contributed by atoms with van der Waals surface area (Å²) in [6, 6.07) is 20.4. The molecule has 0 aliphatic carbocycles. The van der Waals surface area contributed by atoms with E-state index in [2.05, 4.69) is 10.3 Å². The summed E-state index contributed by atoms with van der Waals surface area (Å²) in [5.41, 5.74) is 6.65. The van der Waals surface area contributed by atoms with Crippen molar-refractivity contribution in [3.8, 4) is 11.5 Å². The second kappa shape index (κ2) is 8.71. The second-order valence-electron chi connectivity index (χ2n) is 5.45. The molecule has 0 aliphatic heterocycles. The molecule has 3 rings (SSSR count). The van der Waals surface area contributed by atoms with E-state index in [9.17, 15) is 5.11 Å². The van der Waals surface area contributed by atoms with Crippen LogP contribution in [0.1, 0.15) is 11.0 Å². The van der Waals surface area contributed by atoms with Crippen molar-refractivity contribution >= 4 is 34.6 Å². The highest BCUT2D eigenvalue weighted by Gasteiger charge is 2.09. The SMILES string of the molecule is NC(=NCC(O)c1ccc(Cl)s1)Nc1cccc(Oc2ccccc2)c1. The third kappa shape index (κ3) is 5.23. The van der Waals surface area contributed by atoms with Crippen LogP contribution in [-0.2, 0) is 0 Å². The molecule has 2 aromatic carbocycles. The van der Waals surface area contributed by atoms with E-state index in [0.29, 0.717) is 10.1 Å². The van der Waals surface area contributed by atoms with Gasteiger partial charge in [-0.25, -0.2) is 0 Å². The van der Waals surface area contributed by atoms with Crippen LogP contribution in [0.2, 0.25) is 4.34 Å². The molecular weight excluding hydrogens is 370 g/mol. The van der Waals surface area contributed by atoms with Gasteiger partial charge >= 0.3 is 0 Å². The van der Waals surface area contributed by atoms with Crippen molar-refractivity contribution in [2.45, 2.75) is 6.10 Å². The van der Waals surface area contributed by atoms with E-state index in [0.717, 1.165) is 16.3 Å². The molecule has 134 valence electrons. The molecule has 5 nitrogen and oxygen atoms in total. The Kier molecular flexibility index (Phi) is 6.12. The van der Waals surface area contributed by atoms with Crippen LogP contribution in [-0.4, -0.2) is 17.6 Å². The topological polar surface area (TPSA) is 79.9 Å². The fraction of sp³-hybridized carbons (Fsp3) is 0.105. The number of rotatable bonds is 6. The Bertz CT molecular complexity index is 883. The van der Waals surface area contributed by atoms with E-state index in [1.54, 1.807) is 12.1 Å². The number of hydrogen-bond acceptors (Lipinski definition) is 4. The standard InChI is InChI=1S/C19H18ClN3O2S/c20-18-10-9-17(26-18)16(24)12-22-19(21)23-13-5-4-8-15(11-13)25-14-6-2-1-3-7-14/h1-11,16,24H,12H2,(H3,21,22,23). The number of nitrogens with two attached hydrogens (primary N) is 1. The van der Waals surface area contributed by atoms with Crippen LogP contribution in [0, 0.1) is 0 Å². The van der Waals surface area contributed by atoms with Gasteiger partial charge in [0.25, 0.3) is 0 Å². The number of aliphatic hydroxyl groups excluding tert-OH is 1. The number of aliphatic hydroxyl groups is 1. The summed E-state index contributed by atoms with van der Waals surface area (Å²) in [5, 5.41) is 13.1. The van der Waals surface area contributed by atoms with Crippen molar-refractivity contribution < 1.29 is 9.84 Å². The van der Waals surface area contributed by atoms with E-state index >= 15 is 0 Å². The third-order valence-corrected chi connectivity index (χ3v) is 4.77. The highest BCUT2D eigenvalue weighted by molar-refractivity contribution is 7.16. The van der Waals surface area contributed by atoms with Crippen molar-refractivity contribution in [1.29, 1.82) is 0 Å². The lowest BCUT2D eigenvalue weighted by molar-refractivity contribution is 0.191. The fourth-order valence-electron chi connectivity index (χ4n) is 2.23. The Morgan fingerprint density at radius 2 is 1.88 bits per heavy atom. The molecule has 0 saturated heterocycles. The first-order chi connectivity index (χ1) is 12.6. The first-order valence-corrected chi connectivity index (χ1v) is 9.13. The van der Waals surface area contributed by atoms with E-state index in [-0.39, 0.29) is 12.5 Å². The van der Waals surface area contributed by atoms with Gasteiger partial charge in [0.05, 0.1) is 10.9 Å². The van der Waals surface area contributed by atoms with Crippen molar-refractivity contribution in [1.82, 2.24) is 0 Å².